The van der Waals surface area contributed by atoms with Crippen molar-refractivity contribution < 1.29 is 27.8 Å². The quantitative estimate of drug-likeness (QED) is 0.697. The van der Waals surface area contributed by atoms with E-state index in [2.05, 4.69) is 15.2 Å². The van der Waals surface area contributed by atoms with E-state index in [4.69, 9.17) is 9.47 Å². The molecule has 0 saturated carbocycles. The predicted molar refractivity (Wildman–Crippen MR) is 117 cm³/mol. The standard InChI is InChI=1S/C21H32F2N4O4S/c1-13-9-26(10-14(2)30-13)11-15(27-12-21(22,23)7-6-17(27)28)16-8-24-18(32-16)25-19(29)31-20(3,4)5/h8,13-15H,6-7,9-12H2,1-5H3,(H,24,25,29)/t13-,14-,15?/m0/s1. The van der Waals surface area contributed by atoms with Crippen LogP contribution in [0.4, 0.5) is 18.7 Å². The van der Waals surface area contributed by atoms with Crippen LogP contribution in [0.3, 0.4) is 0 Å². The van der Waals surface area contributed by atoms with Gasteiger partial charge >= 0.3 is 6.09 Å². The van der Waals surface area contributed by atoms with Crippen LogP contribution in [0.2, 0.25) is 0 Å². The number of carbonyl (C=O) groups excluding carboxylic acids is 2. The van der Waals surface area contributed by atoms with E-state index < -0.39 is 36.6 Å². The fourth-order valence-electron chi connectivity index (χ4n) is 4.04. The van der Waals surface area contributed by atoms with Gasteiger partial charge in [0.1, 0.15) is 5.60 Å². The highest BCUT2D eigenvalue weighted by atomic mass is 32.1. The van der Waals surface area contributed by atoms with E-state index in [-0.39, 0.29) is 24.5 Å². The molecular weight excluding hydrogens is 442 g/mol. The number of hydrogen-bond acceptors (Lipinski definition) is 7. The molecule has 11 heteroatoms. The Morgan fingerprint density at radius 1 is 1.38 bits per heavy atom. The third-order valence-electron chi connectivity index (χ3n) is 5.19. The monoisotopic (exact) mass is 474 g/mol. The lowest BCUT2D eigenvalue weighted by atomic mass is 10.0. The molecule has 1 N–H and O–H groups in total. The van der Waals surface area contributed by atoms with Gasteiger partial charge in [-0.25, -0.2) is 18.6 Å². The van der Waals surface area contributed by atoms with Crippen molar-refractivity contribution in [2.45, 2.75) is 77.2 Å². The summed E-state index contributed by atoms with van der Waals surface area (Å²) in [6.07, 6.45) is 0.268. The zero-order valence-corrected chi connectivity index (χ0v) is 20.0. The summed E-state index contributed by atoms with van der Waals surface area (Å²) < 4.78 is 39.5. The number of rotatable bonds is 5. The second-order valence-corrected chi connectivity index (χ2v) is 10.6. The van der Waals surface area contributed by atoms with E-state index >= 15 is 0 Å². The summed E-state index contributed by atoms with van der Waals surface area (Å²) in [7, 11) is 0. The van der Waals surface area contributed by atoms with E-state index in [0.717, 1.165) is 11.3 Å². The number of thiazole rings is 1. The summed E-state index contributed by atoms with van der Waals surface area (Å²) in [5, 5.41) is 2.87. The maximum atomic E-state index is 14.2. The van der Waals surface area contributed by atoms with Gasteiger partial charge in [0.05, 0.1) is 29.7 Å². The molecule has 3 rings (SSSR count). The first-order chi connectivity index (χ1) is 14.8. The maximum Gasteiger partial charge on any atom is 0.413 e. The number of ether oxygens (including phenoxy) is 2. The molecule has 2 aliphatic rings. The van der Waals surface area contributed by atoms with E-state index in [1.54, 1.807) is 20.8 Å². The Labute approximate surface area is 191 Å². The Kier molecular flexibility index (Phi) is 7.41. The number of morpholine rings is 1. The molecule has 2 amide bonds. The van der Waals surface area contributed by atoms with E-state index in [1.165, 1.54) is 11.1 Å². The van der Waals surface area contributed by atoms with Gasteiger partial charge in [-0.2, -0.15) is 0 Å². The largest absolute Gasteiger partial charge is 0.444 e. The van der Waals surface area contributed by atoms with Gasteiger partial charge in [0, 0.05) is 38.7 Å². The number of anilines is 1. The number of likely N-dealkylation sites (tertiary alicyclic amines) is 1. The van der Waals surface area contributed by atoms with Crippen molar-refractivity contribution in [3.63, 3.8) is 0 Å². The highest BCUT2D eigenvalue weighted by molar-refractivity contribution is 7.15. The number of aromatic nitrogens is 1. The second-order valence-electron chi connectivity index (χ2n) is 9.56. The Hall–Kier alpha value is -1.85. The van der Waals surface area contributed by atoms with Crippen molar-refractivity contribution in [3.05, 3.63) is 11.1 Å². The Balaban J connectivity index is 1.82. The molecule has 8 nitrogen and oxygen atoms in total. The minimum Gasteiger partial charge on any atom is -0.444 e. The highest BCUT2D eigenvalue weighted by Crippen LogP contribution is 2.36. The number of piperidine rings is 1. The number of nitrogens with zero attached hydrogens (tertiary/aromatic N) is 3. The average molecular weight is 475 g/mol. The van der Waals surface area contributed by atoms with Crippen LogP contribution in [-0.4, -0.2) is 76.7 Å². The third kappa shape index (κ3) is 6.82. The zero-order chi connectivity index (χ0) is 23.7. The summed E-state index contributed by atoms with van der Waals surface area (Å²) in [5.41, 5.74) is -0.664. The molecule has 1 unspecified atom stereocenters. The molecule has 1 aromatic heterocycles. The minimum absolute atomic E-state index is 0.00348. The zero-order valence-electron chi connectivity index (χ0n) is 19.2. The SMILES string of the molecule is C[C@H]1CN(CC(c2cnc(NC(=O)OC(C)(C)C)s2)N2CC(F)(F)CCC2=O)C[C@H](C)O1. The Morgan fingerprint density at radius 3 is 2.66 bits per heavy atom. The van der Waals surface area contributed by atoms with Crippen LogP contribution in [0.25, 0.3) is 0 Å². The van der Waals surface area contributed by atoms with Crippen molar-refractivity contribution in [1.29, 1.82) is 0 Å². The van der Waals surface area contributed by atoms with E-state index in [1.807, 2.05) is 13.8 Å². The molecule has 0 radical (unpaired) electrons. The van der Waals surface area contributed by atoms with Crippen LogP contribution in [0, 0.1) is 0 Å². The lowest BCUT2D eigenvalue weighted by Crippen LogP contribution is -2.53. The third-order valence-corrected chi connectivity index (χ3v) is 6.20. The molecule has 3 atom stereocenters. The summed E-state index contributed by atoms with van der Waals surface area (Å²) in [6.45, 7) is 10.2. The van der Waals surface area contributed by atoms with Gasteiger partial charge in [-0.1, -0.05) is 11.3 Å². The maximum absolute atomic E-state index is 14.2. The summed E-state index contributed by atoms with van der Waals surface area (Å²) >= 11 is 1.16. The number of hydrogen-bond donors (Lipinski definition) is 1. The molecule has 32 heavy (non-hydrogen) atoms. The summed E-state index contributed by atoms with van der Waals surface area (Å²) in [6, 6.07) is -0.599. The molecule has 2 fully saturated rings. The number of carbonyl (C=O) groups is 2. The first-order valence-electron chi connectivity index (χ1n) is 10.8. The lowest BCUT2D eigenvalue weighted by Gasteiger charge is -2.42. The molecule has 0 spiro atoms. The fraction of sp³-hybridized carbons (Fsp3) is 0.762. The number of halogens is 2. The topological polar surface area (TPSA) is 84.0 Å². The van der Waals surface area contributed by atoms with Gasteiger partial charge in [0.2, 0.25) is 5.91 Å². The first-order valence-corrected chi connectivity index (χ1v) is 11.6. The molecule has 2 aliphatic heterocycles. The van der Waals surface area contributed by atoms with Gasteiger partial charge in [0.25, 0.3) is 5.92 Å². The van der Waals surface area contributed by atoms with Crippen molar-refractivity contribution in [2.75, 3.05) is 31.5 Å². The predicted octanol–water partition coefficient (Wildman–Crippen LogP) is 3.90. The lowest BCUT2D eigenvalue weighted by molar-refractivity contribution is -0.153. The molecule has 180 valence electrons. The highest BCUT2D eigenvalue weighted by Gasteiger charge is 2.43. The first kappa shape index (κ1) is 24.8. The second kappa shape index (κ2) is 9.56. The van der Waals surface area contributed by atoms with E-state index in [9.17, 15) is 18.4 Å². The minimum atomic E-state index is -2.93. The average Bonchev–Trinajstić information content (AvgIpc) is 3.07. The van der Waals surface area contributed by atoms with Crippen LogP contribution in [0.1, 0.15) is 58.4 Å². The van der Waals surface area contributed by atoms with Crippen LogP contribution in [0.5, 0.6) is 0 Å². The van der Waals surface area contributed by atoms with Gasteiger partial charge in [-0.15, -0.1) is 0 Å². The Bertz CT molecular complexity index is 819. The normalized spacial score (nSPS) is 25.5. The summed E-state index contributed by atoms with van der Waals surface area (Å²) in [5.74, 6) is -3.23. The van der Waals surface area contributed by atoms with Crippen molar-refractivity contribution in [2.24, 2.45) is 0 Å². The molecule has 3 heterocycles. The smallest absolute Gasteiger partial charge is 0.413 e. The van der Waals surface area contributed by atoms with Crippen LogP contribution < -0.4 is 5.32 Å². The van der Waals surface area contributed by atoms with Crippen LogP contribution in [0.15, 0.2) is 6.20 Å². The van der Waals surface area contributed by atoms with Gasteiger partial charge in [-0.3, -0.25) is 15.0 Å². The van der Waals surface area contributed by atoms with Crippen molar-refractivity contribution in [3.8, 4) is 0 Å². The van der Waals surface area contributed by atoms with Gasteiger partial charge in [0.15, 0.2) is 5.13 Å². The molecule has 1 aromatic rings. The fourth-order valence-corrected chi connectivity index (χ4v) is 4.95. The molecule has 0 aliphatic carbocycles. The summed E-state index contributed by atoms with van der Waals surface area (Å²) in [4.78, 5) is 33.0. The van der Waals surface area contributed by atoms with Gasteiger partial charge < -0.3 is 14.4 Å². The van der Waals surface area contributed by atoms with Crippen LogP contribution in [-0.2, 0) is 14.3 Å². The molecule has 0 bridgehead atoms. The van der Waals surface area contributed by atoms with Crippen molar-refractivity contribution >= 4 is 28.5 Å². The number of alkyl halides is 2. The van der Waals surface area contributed by atoms with Crippen LogP contribution >= 0.6 is 11.3 Å². The molecular formula is C21H32F2N4O4S. The number of nitrogens with one attached hydrogen (secondary N) is 1. The van der Waals surface area contributed by atoms with E-state index in [0.29, 0.717) is 29.6 Å². The number of amides is 2. The molecule has 0 aromatic carbocycles. The van der Waals surface area contributed by atoms with Gasteiger partial charge in [-0.05, 0) is 34.6 Å². The Morgan fingerprint density at radius 2 is 2.03 bits per heavy atom. The molecule has 2 saturated heterocycles. The van der Waals surface area contributed by atoms with Crippen molar-refractivity contribution in [1.82, 2.24) is 14.8 Å².